The molecule has 1 aromatic carbocycles. The van der Waals surface area contributed by atoms with Crippen molar-refractivity contribution in [3.8, 4) is 0 Å². The fourth-order valence-electron chi connectivity index (χ4n) is 2.35. The predicted octanol–water partition coefficient (Wildman–Crippen LogP) is 1.41. The smallest absolute Gasteiger partial charge is 0.240 e. The predicted molar refractivity (Wildman–Crippen MR) is 71.9 cm³/mol. The van der Waals surface area contributed by atoms with Crippen LogP contribution in [0, 0.1) is 18.7 Å². The van der Waals surface area contributed by atoms with Gasteiger partial charge < -0.3 is 5.32 Å². The van der Waals surface area contributed by atoms with Gasteiger partial charge in [-0.3, -0.25) is 0 Å². The zero-order valence-electron chi connectivity index (χ0n) is 10.9. The molecule has 0 unspecified atom stereocenters. The Morgan fingerprint density at radius 3 is 2.89 bits per heavy atom. The van der Waals surface area contributed by atoms with Crippen LogP contribution in [-0.4, -0.2) is 28.1 Å². The van der Waals surface area contributed by atoms with Gasteiger partial charge in [0.15, 0.2) is 0 Å². The fourth-order valence-corrected chi connectivity index (χ4v) is 3.62. The first kappa shape index (κ1) is 14.4. The second kappa shape index (κ2) is 5.98. The molecule has 106 valence electrons. The second-order valence-corrected chi connectivity index (χ2v) is 6.69. The molecule has 1 aliphatic heterocycles. The molecule has 19 heavy (non-hydrogen) atoms. The monoisotopic (exact) mass is 286 g/mol. The van der Waals surface area contributed by atoms with Crippen molar-refractivity contribution >= 4 is 10.0 Å². The lowest BCUT2D eigenvalue weighted by atomic mass is 10.1. The van der Waals surface area contributed by atoms with E-state index in [1.165, 1.54) is 18.2 Å². The van der Waals surface area contributed by atoms with Gasteiger partial charge in [0.1, 0.15) is 5.82 Å². The van der Waals surface area contributed by atoms with E-state index in [2.05, 4.69) is 10.0 Å². The third-order valence-corrected chi connectivity index (χ3v) is 5.05. The molecular weight excluding hydrogens is 267 g/mol. The molecule has 0 aliphatic carbocycles. The van der Waals surface area contributed by atoms with Crippen LogP contribution in [-0.2, 0) is 10.0 Å². The average molecular weight is 286 g/mol. The first-order valence-corrected chi connectivity index (χ1v) is 7.94. The SMILES string of the molecule is Cc1cc(F)ccc1S(=O)(=O)NCC[C@H]1CCNC1. The van der Waals surface area contributed by atoms with Gasteiger partial charge in [0.25, 0.3) is 0 Å². The molecule has 6 heteroatoms. The Morgan fingerprint density at radius 2 is 2.26 bits per heavy atom. The lowest BCUT2D eigenvalue weighted by Crippen LogP contribution is -2.27. The summed E-state index contributed by atoms with van der Waals surface area (Å²) in [7, 11) is -3.54. The van der Waals surface area contributed by atoms with Crippen molar-refractivity contribution in [3.05, 3.63) is 29.6 Å². The number of aryl methyl sites for hydroxylation is 1. The lowest BCUT2D eigenvalue weighted by Gasteiger charge is -2.11. The highest BCUT2D eigenvalue weighted by atomic mass is 32.2. The second-order valence-electron chi connectivity index (χ2n) is 4.96. The Kier molecular flexibility index (Phi) is 4.54. The fraction of sp³-hybridized carbons (Fsp3) is 0.538. The van der Waals surface area contributed by atoms with Crippen LogP contribution in [0.4, 0.5) is 4.39 Å². The van der Waals surface area contributed by atoms with Crippen molar-refractivity contribution in [1.82, 2.24) is 10.0 Å². The lowest BCUT2D eigenvalue weighted by molar-refractivity contribution is 0.519. The van der Waals surface area contributed by atoms with Gasteiger partial charge >= 0.3 is 0 Å². The zero-order chi connectivity index (χ0) is 13.9. The molecule has 1 saturated heterocycles. The average Bonchev–Trinajstić information content (AvgIpc) is 2.81. The molecular formula is C13H19FN2O2S. The van der Waals surface area contributed by atoms with E-state index in [0.29, 0.717) is 18.0 Å². The Labute approximate surface area is 113 Å². The minimum Gasteiger partial charge on any atom is -0.316 e. The normalized spacial score (nSPS) is 19.8. The summed E-state index contributed by atoms with van der Waals surface area (Å²) in [5, 5.41) is 3.25. The van der Waals surface area contributed by atoms with Crippen LogP contribution in [0.2, 0.25) is 0 Å². The zero-order valence-corrected chi connectivity index (χ0v) is 11.8. The van der Waals surface area contributed by atoms with Gasteiger partial charge in [-0.15, -0.1) is 0 Å². The number of nitrogens with one attached hydrogen (secondary N) is 2. The first-order valence-electron chi connectivity index (χ1n) is 6.45. The Bertz CT molecular complexity index is 540. The molecule has 1 atom stereocenters. The van der Waals surface area contributed by atoms with Gasteiger partial charge in [-0.2, -0.15) is 0 Å². The Morgan fingerprint density at radius 1 is 1.47 bits per heavy atom. The van der Waals surface area contributed by atoms with Crippen LogP contribution >= 0.6 is 0 Å². The van der Waals surface area contributed by atoms with E-state index in [1.54, 1.807) is 6.92 Å². The number of benzene rings is 1. The van der Waals surface area contributed by atoms with Gasteiger partial charge in [0.05, 0.1) is 4.90 Å². The summed E-state index contributed by atoms with van der Waals surface area (Å²) in [4.78, 5) is 0.151. The van der Waals surface area contributed by atoms with Gasteiger partial charge in [-0.05, 0) is 62.5 Å². The van der Waals surface area contributed by atoms with Crippen LogP contribution in [0.3, 0.4) is 0 Å². The van der Waals surface area contributed by atoms with E-state index in [4.69, 9.17) is 0 Å². The summed E-state index contributed by atoms with van der Waals surface area (Å²) < 4.78 is 39.7. The molecule has 1 aliphatic rings. The summed E-state index contributed by atoms with van der Waals surface area (Å²) >= 11 is 0. The molecule has 1 heterocycles. The van der Waals surface area contributed by atoms with Crippen molar-refractivity contribution in [2.75, 3.05) is 19.6 Å². The van der Waals surface area contributed by atoms with E-state index in [1.807, 2.05) is 0 Å². The number of hydrogen-bond acceptors (Lipinski definition) is 3. The molecule has 0 radical (unpaired) electrons. The summed E-state index contributed by atoms with van der Waals surface area (Å²) in [6, 6.07) is 3.71. The molecule has 0 aromatic heterocycles. The van der Waals surface area contributed by atoms with Crippen molar-refractivity contribution in [2.45, 2.75) is 24.7 Å². The van der Waals surface area contributed by atoms with Crippen LogP contribution in [0.15, 0.2) is 23.1 Å². The highest BCUT2D eigenvalue weighted by molar-refractivity contribution is 7.89. The molecule has 2 N–H and O–H groups in total. The molecule has 0 bridgehead atoms. The van der Waals surface area contributed by atoms with E-state index in [-0.39, 0.29) is 4.90 Å². The summed E-state index contributed by atoms with van der Waals surface area (Å²) in [5.41, 5.74) is 0.426. The summed E-state index contributed by atoms with van der Waals surface area (Å²) in [6.07, 6.45) is 1.92. The van der Waals surface area contributed by atoms with Crippen molar-refractivity contribution < 1.29 is 12.8 Å². The van der Waals surface area contributed by atoms with Gasteiger partial charge in [0.2, 0.25) is 10.0 Å². The van der Waals surface area contributed by atoms with Crippen LogP contribution in [0.5, 0.6) is 0 Å². The van der Waals surface area contributed by atoms with Crippen LogP contribution in [0.25, 0.3) is 0 Å². The number of sulfonamides is 1. The third-order valence-electron chi connectivity index (χ3n) is 3.43. The van der Waals surface area contributed by atoms with E-state index in [0.717, 1.165) is 25.9 Å². The Hall–Kier alpha value is -0.980. The Balaban J connectivity index is 1.97. The molecule has 1 aromatic rings. The maximum atomic E-state index is 13.0. The van der Waals surface area contributed by atoms with Gasteiger partial charge in [0, 0.05) is 6.54 Å². The third kappa shape index (κ3) is 3.75. The highest BCUT2D eigenvalue weighted by Gasteiger charge is 2.19. The maximum absolute atomic E-state index is 13.0. The van der Waals surface area contributed by atoms with E-state index >= 15 is 0 Å². The molecule has 0 amide bonds. The summed E-state index contributed by atoms with van der Waals surface area (Å²) in [5.74, 6) is 0.116. The molecule has 1 fully saturated rings. The number of rotatable bonds is 5. The van der Waals surface area contributed by atoms with E-state index < -0.39 is 15.8 Å². The quantitative estimate of drug-likeness (QED) is 0.860. The van der Waals surface area contributed by atoms with E-state index in [9.17, 15) is 12.8 Å². The minimum atomic E-state index is -3.54. The standard InChI is InChI=1S/C13H19FN2O2S/c1-10-8-12(14)2-3-13(10)19(17,18)16-7-5-11-4-6-15-9-11/h2-3,8,11,15-16H,4-7,9H2,1H3/t11-/m1/s1. The topological polar surface area (TPSA) is 58.2 Å². The van der Waals surface area contributed by atoms with Gasteiger partial charge in [-0.1, -0.05) is 0 Å². The largest absolute Gasteiger partial charge is 0.316 e. The molecule has 2 rings (SSSR count). The van der Waals surface area contributed by atoms with Crippen molar-refractivity contribution in [3.63, 3.8) is 0 Å². The molecule has 4 nitrogen and oxygen atoms in total. The van der Waals surface area contributed by atoms with Crippen molar-refractivity contribution in [1.29, 1.82) is 0 Å². The van der Waals surface area contributed by atoms with Crippen LogP contribution in [0.1, 0.15) is 18.4 Å². The first-order chi connectivity index (χ1) is 8.99. The highest BCUT2D eigenvalue weighted by Crippen LogP contribution is 2.17. The minimum absolute atomic E-state index is 0.151. The number of halogens is 1. The maximum Gasteiger partial charge on any atom is 0.240 e. The number of hydrogen-bond donors (Lipinski definition) is 2. The molecule has 0 spiro atoms. The molecule has 0 saturated carbocycles. The van der Waals surface area contributed by atoms with Crippen molar-refractivity contribution in [2.24, 2.45) is 5.92 Å². The summed E-state index contributed by atoms with van der Waals surface area (Å²) in [6.45, 7) is 3.98. The van der Waals surface area contributed by atoms with Crippen LogP contribution < -0.4 is 10.0 Å². The van der Waals surface area contributed by atoms with Gasteiger partial charge in [-0.25, -0.2) is 17.5 Å².